The van der Waals surface area contributed by atoms with E-state index in [1.807, 2.05) is 43.3 Å². The highest BCUT2D eigenvalue weighted by atomic mass is 32.1. The van der Waals surface area contributed by atoms with Crippen molar-refractivity contribution in [3.8, 4) is 34.6 Å². The molecule has 5 nitrogen and oxygen atoms in total. The van der Waals surface area contributed by atoms with Crippen LogP contribution in [0.25, 0.3) is 21.2 Å². The second-order valence-electron chi connectivity index (χ2n) is 7.87. The van der Waals surface area contributed by atoms with E-state index in [9.17, 15) is 4.79 Å². The lowest BCUT2D eigenvalue weighted by Gasteiger charge is -2.11. The van der Waals surface area contributed by atoms with Crippen molar-refractivity contribution in [1.29, 1.82) is 0 Å². The van der Waals surface area contributed by atoms with Crippen LogP contribution in [0.2, 0.25) is 0 Å². The molecule has 2 aromatic heterocycles. The van der Waals surface area contributed by atoms with Gasteiger partial charge in [0.05, 0.1) is 19.4 Å². The molecule has 2 heterocycles. The van der Waals surface area contributed by atoms with E-state index in [1.54, 1.807) is 25.4 Å². The van der Waals surface area contributed by atoms with E-state index in [2.05, 4.69) is 40.4 Å². The van der Waals surface area contributed by atoms with Gasteiger partial charge in [-0.1, -0.05) is 24.1 Å². The number of methoxy groups -OCH3 is 1. The third-order valence-electron chi connectivity index (χ3n) is 5.58. The van der Waals surface area contributed by atoms with Gasteiger partial charge in [0.2, 0.25) is 5.88 Å². The standard InChI is InChI=1S/C28H25NO4S.H2S/c1-4-5-21(15-28(30)31)20-7-9-22(10-8-20)33-16-19-6-12-26-24(14-19)25(17-34-26)23-11-13-27(32-3)29-18(23)2;/h6-14,17,21H,15-16H2,1-3H3,(H,30,31);1H2/t21-;/m0./s1. The van der Waals surface area contributed by atoms with E-state index in [0.717, 1.165) is 33.7 Å². The number of rotatable bonds is 8. The normalized spacial score (nSPS) is 11.2. The third-order valence-corrected chi connectivity index (χ3v) is 6.55. The first kappa shape index (κ1) is 26.1. The molecule has 0 unspecified atom stereocenters. The fourth-order valence-electron chi connectivity index (χ4n) is 3.88. The summed E-state index contributed by atoms with van der Waals surface area (Å²) < 4.78 is 12.5. The molecule has 0 amide bonds. The van der Waals surface area contributed by atoms with Crippen molar-refractivity contribution in [1.82, 2.24) is 4.98 Å². The molecule has 0 spiro atoms. The van der Waals surface area contributed by atoms with E-state index in [1.165, 1.54) is 10.1 Å². The van der Waals surface area contributed by atoms with Crippen molar-refractivity contribution in [3.05, 3.63) is 76.8 Å². The number of carbonyl (C=O) groups is 1. The van der Waals surface area contributed by atoms with Crippen LogP contribution in [0.1, 0.15) is 36.1 Å². The largest absolute Gasteiger partial charge is 0.489 e. The molecule has 0 aliphatic heterocycles. The molecule has 0 aliphatic carbocycles. The molecule has 1 N–H and O–H groups in total. The number of ether oxygens (including phenoxy) is 2. The monoisotopic (exact) mass is 505 g/mol. The smallest absolute Gasteiger partial charge is 0.304 e. The minimum absolute atomic E-state index is 0. The minimum Gasteiger partial charge on any atom is -0.489 e. The molecule has 0 bridgehead atoms. The molecule has 4 rings (SSSR count). The molecular weight excluding hydrogens is 478 g/mol. The van der Waals surface area contributed by atoms with Crippen LogP contribution >= 0.6 is 24.8 Å². The summed E-state index contributed by atoms with van der Waals surface area (Å²) in [4.78, 5) is 15.6. The number of nitrogens with zero attached hydrogens (tertiary/aromatic N) is 1. The quantitative estimate of drug-likeness (QED) is 0.275. The van der Waals surface area contributed by atoms with Crippen LogP contribution in [0.3, 0.4) is 0 Å². The molecule has 0 aliphatic rings. The van der Waals surface area contributed by atoms with Crippen LogP contribution in [0, 0.1) is 18.8 Å². The maximum atomic E-state index is 11.1. The Morgan fingerprint density at radius 3 is 2.54 bits per heavy atom. The second-order valence-corrected chi connectivity index (χ2v) is 8.78. The van der Waals surface area contributed by atoms with Gasteiger partial charge in [-0.2, -0.15) is 13.5 Å². The van der Waals surface area contributed by atoms with Gasteiger partial charge in [0.25, 0.3) is 0 Å². The highest BCUT2D eigenvalue weighted by Crippen LogP contribution is 2.36. The Bertz CT molecular complexity index is 1380. The van der Waals surface area contributed by atoms with Gasteiger partial charge in [-0.25, -0.2) is 4.98 Å². The van der Waals surface area contributed by atoms with Gasteiger partial charge >= 0.3 is 5.97 Å². The molecule has 2 aromatic carbocycles. The van der Waals surface area contributed by atoms with E-state index in [0.29, 0.717) is 12.5 Å². The number of aliphatic carboxylic acids is 1. The molecule has 0 saturated heterocycles. The summed E-state index contributed by atoms with van der Waals surface area (Å²) in [5, 5.41) is 12.5. The summed E-state index contributed by atoms with van der Waals surface area (Å²) >= 11 is 1.71. The van der Waals surface area contributed by atoms with Crippen LogP contribution in [0.5, 0.6) is 11.6 Å². The Labute approximate surface area is 216 Å². The number of carboxylic acids is 1. The Morgan fingerprint density at radius 2 is 1.89 bits per heavy atom. The van der Waals surface area contributed by atoms with Crippen molar-refractivity contribution < 1.29 is 19.4 Å². The second kappa shape index (κ2) is 11.8. The van der Waals surface area contributed by atoms with E-state index >= 15 is 0 Å². The lowest BCUT2D eigenvalue weighted by Crippen LogP contribution is -2.04. The highest BCUT2D eigenvalue weighted by molar-refractivity contribution is 7.59. The molecule has 0 fully saturated rings. The first-order valence-electron chi connectivity index (χ1n) is 10.9. The molecule has 0 saturated carbocycles. The molecular formula is C28H27NO4S2. The van der Waals surface area contributed by atoms with Gasteiger partial charge in [-0.15, -0.1) is 17.3 Å². The molecule has 35 heavy (non-hydrogen) atoms. The predicted molar refractivity (Wildman–Crippen MR) is 146 cm³/mol. The number of benzene rings is 2. The Morgan fingerprint density at radius 1 is 1.11 bits per heavy atom. The van der Waals surface area contributed by atoms with Crippen molar-refractivity contribution in [2.75, 3.05) is 7.11 Å². The SMILES string of the molecule is CC#C[C@@H](CC(=O)O)c1ccc(OCc2ccc3scc(-c4ccc(OC)nc4C)c3c2)cc1.S. The number of thiophene rings is 1. The number of carboxylic acid groups (broad SMARTS) is 1. The topological polar surface area (TPSA) is 68.7 Å². The molecule has 0 radical (unpaired) electrons. The zero-order valence-electron chi connectivity index (χ0n) is 19.8. The van der Waals surface area contributed by atoms with Gasteiger partial charge in [0, 0.05) is 33.0 Å². The predicted octanol–water partition coefficient (Wildman–Crippen LogP) is 6.55. The first-order chi connectivity index (χ1) is 16.5. The zero-order valence-corrected chi connectivity index (χ0v) is 21.6. The van der Waals surface area contributed by atoms with Crippen LogP contribution in [-0.4, -0.2) is 23.2 Å². The van der Waals surface area contributed by atoms with Crippen LogP contribution in [-0.2, 0) is 11.4 Å². The van der Waals surface area contributed by atoms with Crippen LogP contribution in [0.4, 0.5) is 0 Å². The van der Waals surface area contributed by atoms with Gasteiger partial charge in [0.15, 0.2) is 0 Å². The average Bonchev–Trinajstić information content (AvgIpc) is 3.25. The van der Waals surface area contributed by atoms with Crippen molar-refractivity contribution in [3.63, 3.8) is 0 Å². The number of hydrogen-bond donors (Lipinski definition) is 1. The van der Waals surface area contributed by atoms with Gasteiger partial charge in [-0.3, -0.25) is 4.79 Å². The summed E-state index contributed by atoms with van der Waals surface area (Å²) in [6, 6.07) is 17.8. The summed E-state index contributed by atoms with van der Waals surface area (Å²) in [6.07, 6.45) is -0.0206. The Balaban J connectivity index is 0.00000342. The van der Waals surface area contributed by atoms with E-state index in [4.69, 9.17) is 14.6 Å². The maximum absolute atomic E-state index is 11.1. The Hall–Kier alpha value is -3.47. The van der Waals surface area contributed by atoms with Gasteiger partial charge in [0.1, 0.15) is 12.4 Å². The highest BCUT2D eigenvalue weighted by Gasteiger charge is 2.14. The molecule has 180 valence electrons. The number of aromatic nitrogens is 1. The summed E-state index contributed by atoms with van der Waals surface area (Å²) in [6.45, 7) is 4.14. The van der Waals surface area contributed by atoms with E-state index in [-0.39, 0.29) is 25.8 Å². The molecule has 4 aromatic rings. The maximum Gasteiger partial charge on any atom is 0.304 e. The fourth-order valence-corrected chi connectivity index (χ4v) is 4.82. The minimum atomic E-state index is -0.864. The van der Waals surface area contributed by atoms with Crippen LogP contribution < -0.4 is 9.47 Å². The number of pyridine rings is 1. The van der Waals surface area contributed by atoms with Crippen molar-refractivity contribution >= 4 is 40.9 Å². The third kappa shape index (κ3) is 6.16. The number of hydrogen-bond acceptors (Lipinski definition) is 5. The Kier molecular flexibility index (Phi) is 8.80. The van der Waals surface area contributed by atoms with Crippen molar-refractivity contribution in [2.45, 2.75) is 32.8 Å². The lowest BCUT2D eigenvalue weighted by molar-refractivity contribution is -0.137. The van der Waals surface area contributed by atoms with Crippen molar-refractivity contribution in [2.24, 2.45) is 0 Å². The average molecular weight is 506 g/mol. The first-order valence-corrected chi connectivity index (χ1v) is 11.8. The van der Waals surface area contributed by atoms with Gasteiger partial charge in [-0.05, 0) is 60.7 Å². The summed E-state index contributed by atoms with van der Waals surface area (Å²) in [5.41, 5.74) is 5.11. The van der Waals surface area contributed by atoms with E-state index < -0.39 is 5.97 Å². The summed E-state index contributed by atoms with van der Waals surface area (Å²) in [5.74, 6) is 5.93. The zero-order chi connectivity index (χ0) is 24.1. The summed E-state index contributed by atoms with van der Waals surface area (Å²) in [7, 11) is 1.62. The van der Waals surface area contributed by atoms with Gasteiger partial charge < -0.3 is 14.6 Å². The number of fused-ring (bicyclic) bond motifs is 1. The van der Waals surface area contributed by atoms with Crippen LogP contribution in [0.15, 0.2) is 60.0 Å². The number of aryl methyl sites for hydroxylation is 1. The molecule has 1 atom stereocenters. The lowest BCUT2D eigenvalue weighted by atomic mass is 9.96. The fraction of sp³-hybridized carbons (Fsp3) is 0.214. The molecule has 7 heteroatoms.